The second kappa shape index (κ2) is 5.74. The van der Waals surface area contributed by atoms with Gasteiger partial charge in [-0.1, -0.05) is 67.1 Å². The summed E-state index contributed by atoms with van der Waals surface area (Å²) in [5.41, 5.74) is 0.822. The highest BCUT2D eigenvalue weighted by atomic mass is 35.5. The van der Waals surface area contributed by atoms with Gasteiger partial charge in [-0.2, -0.15) is 0 Å². The zero-order valence-electron chi connectivity index (χ0n) is 9.71. The fourth-order valence-electron chi connectivity index (χ4n) is 1.64. The van der Waals surface area contributed by atoms with Gasteiger partial charge in [0, 0.05) is 5.92 Å². The molecule has 0 radical (unpaired) electrons. The Labute approximate surface area is 107 Å². The van der Waals surface area contributed by atoms with Gasteiger partial charge in [0.25, 0.3) is 0 Å². The van der Waals surface area contributed by atoms with E-state index in [4.69, 9.17) is 16.3 Å². The van der Waals surface area contributed by atoms with Crippen LogP contribution in [0.2, 0.25) is 0 Å². The van der Waals surface area contributed by atoms with Crippen LogP contribution < -0.4 is 4.74 Å². The SMILES string of the molecule is CC(c1ccccc1)C(Cl)Oc1ccccc1. The van der Waals surface area contributed by atoms with Crippen LogP contribution in [-0.4, -0.2) is 5.56 Å². The average Bonchev–Trinajstić information content (AvgIpc) is 2.40. The number of alkyl halides is 1. The Bertz CT molecular complexity index is 441. The lowest BCUT2D eigenvalue weighted by Gasteiger charge is -2.19. The van der Waals surface area contributed by atoms with Gasteiger partial charge in [-0.05, 0) is 17.7 Å². The third-order valence-corrected chi connectivity index (χ3v) is 3.18. The predicted octanol–water partition coefficient (Wildman–Crippen LogP) is 4.43. The van der Waals surface area contributed by atoms with Gasteiger partial charge < -0.3 is 4.74 Å². The molecule has 2 aromatic carbocycles. The molecule has 0 aliphatic carbocycles. The molecule has 0 spiro atoms. The standard InChI is InChI=1S/C15H15ClO/c1-12(13-8-4-2-5-9-13)15(16)17-14-10-6-3-7-11-14/h2-12,15H,1H3. The highest BCUT2D eigenvalue weighted by Gasteiger charge is 2.17. The van der Waals surface area contributed by atoms with Gasteiger partial charge in [-0.15, -0.1) is 0 Å². The number of rotatable bonds is 4. The van der Waals surface area contributed by atoms with E-state index < -0.39 is 0 Å². The van der Waals surface area contributed by atoms with Crippen LogP contribution in [-0.2, 0) is 0 Å². The third kappa shape index (κ3) is 3.24. The molecule has 0 saturated heterocycles. The van der Waals surface area contributed by atoms with Crippen LogP contribution in [0.1, 0.15) is 18.4 Å². The molecule has 88 valence electrons. The lowest BCUT2D eigenvalue weighted by atomic mass is 10.0. The lowest BCUT2D eigenvalue weighted by molar-refractivity contribution is 0.255. The molecule has 2 unspecified atom stereocenters. The second-order valence-electron chi connectivity index (χ2n) is 3.98. The fourth-order valence-corrected chi connectivity index (χ4v) is 1.89. The molecule has 0 amide bonds. The topological polar surface area (TPSA) is 9.23 Å². The van der Waals surface area contributed by atoms with E-state index in [1.165, 1.54) is 5.56 Å². The van der Waals surface area contributed by atoms with Crippen LogP contribution >= 0.6 is 11.6 Å². The molecule has 0 aliphatic heterocycles. The van der Waals surface area contributed by atoms with E-state index in [0.29, 0.717) is 0 Å². The van der Waals surface area contributed by atoms with Crippen molar-refractivity contribution < 1.29 is 4.74 Å². The van der Waals surface area contributed by atoms with Crippen LogP contribution in [0, 0.1) is 0 Å². The van der Waals surface area contributed by atoms with E-state index in [0.717, 1.165) is 5.75 Å². The van der Waals surface area contributed by atoms with Crippen molar-refractivity contribution in [1.82, 2.24) is 0 Å². The maximum atomic E-state index is 6.28. The second-order valence-corrected chi connectivity index (χ2v) is 4.41. The third-order valence-electron chi connectivity index (χ3n) is 2.71. The van der Waals surface area contributed by atoms with Crippen molar-refractivity contribution >= 4 is 11.6 Å². The summed E-state index contributed by atoms with van der Waals surface area (Å²) < 4.78 is 5.70. The average molecular weight is 247 g/mol. The minimum Gasteiger partial charge on any atom is -0.474 e. The number of para-hydroxylation sites is 1. The molecule has 0 aliphatic rings. The summed E-state index contributed by atoms with van der Waals surface area (Å²) in [6.07, 6.45) is 0. The summed E-state index contributed by atoms with van der Waals surface area (Å²) in [4.78, 5) is 0. The molecule has 0 heterocycles. The number of hydrogen-bond donors (Lipinski definition) is 0. The quantitative estimate of drug-likeness (QED) is 0.725. The maximum absolute atomic E-state index is 6.28. The summed E-state index contributed by atoms with van der Waals surface area (Å²) in [7, 11) is 0. The zero-order valence-corrected chi connectivity index (χ0v) is 10.5. The van der Waals surface area contributed by atoms with Crippen molar-refractivity contribution in [2.75, 3.05) is 0 Å². The van der Waals surface area contributed by atoms with Gasteiger partial charge >= 0.3 is 0 Å². The van der Waals surface area contributed by atoms with Crippen molar-refractivity contribution in [3.05, 3.63) is 66.2 Å². The fraction of sp³-hybridized carbons (Fsp3) is 0.200. The molecule has 2 atom stereocenters. The Morgan fingerprint density at radius 2 is 1.41 bits per heavy atom. The van der Waals surface area contributed by atoms with Gasteiger partial charge in [0.2, 0.25) is 0 Å². The number of benzene rings is 2. The van der Waals surface area contributed by atoms with E-state index >= 15 is 0 Å². The predicted molar refractivity (Wildman–Crippen MR) is 71.6 cm³/mol. The van der Waals surface area contributed by atoms with Crippen molar-refractivity contribution in [2.24, 2.45) is 0 Å². The Hall–Kier alpha value is -1.47. The maximum Gasteiger partial charge on any atom is 0.178 e. The van der Waals surface area contributed by atoms with E-state index in [9.17, 15) is 0 Å². The summed E-state index contributed by atoms with van der Waals surface area (Å²) in [6, 6.07) is 19.8. The summed E-state index contributed by atoms with van der Waals surface area (Å²) >= 11 is 6.28. The van der Waals surface area contributed by atoms with Gasteiger partial charge in [-0.25, -0.2) is 0 Å². The monoisotopic (exact) mass is 246 g/mol. The Morgan fingerprint density at radius 1 is 0.882 bits per heavy atom. The number of hydrogen-bond acceptors (Lipinski definition) is 1. The Kier molecular flexibility index (Phi) is 4.05. The first-order chi connectivity index (χ1) is 8.27. The highest BCUT2D eigenvalue weighted by Crippen LogP contribution is 2.25. The Morgan fingerprint density at radius 3 is 2.00 bits per heavy atom. The summed E-state index contributed by atoms with van der Waals surface area (Å²) in [5, 5.41) is 0. The molecule has 0 aromatic heterocycles. The smallest absolute Gasteiger partial charge is 0.178 e. The number of ether oxygens (including phenoxy) is 1. The molecule has 2 heteroatoms. The van der Waals surface area contributed by atoms with E-state index in [1.807, 2.05) is 48.5 Å². The minimum atomic E-state index is -0.361. The van der Waals surface area contributed by atoms with Gasteiger partial charge in [0.1, 0.15) is 5.75 Å². The van der Waals surface area contributed by atoms with Gasteiger partial charge in [0.15, 0.2) is 5.56 Å². The van der Waals surface area contributed by atoms with Gasteiger partial charge in [0.05, 0.1) is 0 Å². The summed E-state index contributed by atoms with van der Waals surface area (Å²) in [5.74, 6) is 0.952. The van der Waals surface area contributed by atoms with Crippen LogP contribution in [0.4, 0.5) is 0 Å². The van der Waals surface area contributed by atoms with Crippen molar-refractivity contribution in [3.63, 3.8) is 0 Å². The first-order valence-corrected chi connectivity index (χ1v) is 6.12. The largest absolute Gasteiger partial charge is 0.474 e. The molecule has 1 nitrogen and oxygen atoms in total. The molecule has 0 fully saturated rings. The van der Waals surface area contributed by atoms with Crippen LogP contribution in [0.5, 0.6) is 5.75 Å². The Balaban J connectivity index is 2.03. The zero-order chi connectivity index (χ0) is 12.1. The van der Waals surface area contributed by atoms with E-state index in [-0.39, 0.29) is 11.5 Å². The van der Waals surface area contributed by atoms with E-state index in [2.05, 4.69) is 19.1 Å². The molecular formula is C15H15ClO. The normalized spacial score (nSPS) is 14.0. The molecule has 2 rings (SSSR count). The lowest BCUT2D eigenvalue weighted by Crippen LogP contribution is -2.16. The van der Waals surface area contributed by atoms with Crippen molar-refractivity contribution in [2.45, 2.75) is 18.4 Å². The molecule has 0 bridgehead atoms. The molecular weight excluding hydrogens is 232 g/mol. The highest BCUT2D eigenvalue weighted by molar-refractivity contribution is 6.20. The van der Waals surface area contributed by atoms with Crippen LogP contribution in [0.15, 0.2) is 60.7 Å². The molecule has 2 aromatic rings. The molecule has 17 heavy (non-hydrogen) atoms. The molecule has 0 saturated carbocycles. The first-order valence-electron chi connectivity index (χ1n) is 5.68. The van der Waals surface area contributed by atoms with Crippen molar-refractivity contribution in [3.8, 4) is 5.75 Å². The first kappa shape index (κ1) is 12.0. The minimum absolute atomic E-state index is 0.151. The van der Waals surface area contributed by atoms with Crippen LogP contribution in [0.25, 0.3) is 0 Å². The number of halogens is 1. The van der Waals surface area contributed by atoms with E-state index in [1.54, 1.807) is 0 Å². The van der Waals surface area contributed by atoms with Crippen LogP contribution in [0.3, 0.4) is 0 Å². The summed E-state index contributed by atoms with van der Waals surface area (Å²) in [6.45, 7) is 2.07. The van der Waals surface area contributed by atoms with Gasteiger partial charge in [-0.3, -0.25) is 0 Å². The molecule has 0 N–H and O–H groups in total. The van der Waals surface area contributed by atoms with Crippen molar-refractivity contribution in [1.29, 1.82) is 0 Å².